The van der Waals surface area contributed by atoms with Crippen LogP contribution >= 0.6 is 0 Å². The lowest BCUT2D eigenvalue weighted by Gasteiger charge is -2.03. The monoisotopic (exact) mass is 219 g/mol. The van der Waals surface area contributed by atoms with Crippen molar-refractivity contribution in [2.24, 2.45) is 0 Å². The van der Waals surface area contributed by atoms with E-state index in [9.17, 15) is 4.79 Å². The van der Waals surface area contributed by atoms with Gasteiger partial charge in [-0.2, -0.15) is 0 Å². The average Bonchev–Trinajstić information content (AvgIpc) is 2.28. The first-order valence-corrected chi connectivity index (χ1v) is 5.40. The number of esters is 1. The fourth-order valence-corrected chi connectivity index (χ4v) is 1.39. The van der Waals surface area contributed by atoms with E-state index in [1.165, 1.54) is 6.08 Å². The third-order valence-corrected chi connectivity index (χ3v) is 2.25. The Hall–Kier alpha value is -1.77. The number of nitrogens with two attached hydrogens (primary N) is 1. The minimum Gasteiger partial charge on any atom is -0.463 e. The Labute approximate surface area is 95.9 Å². The molecule has 0 atom stereocenters. The van der Waals surface area contributed by atoms with Gasteiger partial charge in [0, 0.05) is 11.8 Å². The molecule has 0 heterocycles. The average molecular weight is 219 g/mol. The van der Waals surface area contributed by atoms with Crippen LogP contribution in [-0.2, 0) is 16.0 Å². The van der Waals surface area contributed by atoms with Gasteiger partial charge in [-0.3, -0.25) is 0 Å². The summed E-state index contributed by atoms with van der Waals surface area (Å²) in [6, 6.07) is 5.71. The molecule has 0 spiro atoms. The molecule has 0 saturated heterocycles. The van der Waals surface area contributed by atoms with Gasteiger partial charge < -0.3 is 10.5 Å². The van der Waals surface area contributed by atoms with Gasteiger partial charge in [0.25, 0.3) is 0 Å². The number of anilines is 1. The second kappa shape index (κ2) is 5.95. The lowest BCUT2D eigenvalue weighted by molar-refractivity contribution is -0.137. The molecule has 1 rings (SSSR count). The minimum atomic E-state index is -0.322. The van der Waals surface area contributed by atoms with Gasteiger partial charge in [0.15, 0.2) is 0 Å². The molecular weight excluding hydrogens is 202 g/mol. The maximum atomic E-state index is 11.1. The molecule has 0 radical (unpaired) electrons. The highest BCUT2D eigenvalue weighted by atomic mass is 16.5. The van der Waals surface area contributed by atoms with Crippen LogP contribution in [0.2, 0.25) is 0 Å². The van der Waals surface area contributed by atoms with E-state index in [0.29, 0.717) is 6.61 Å². The van der Waals surface area contributed by atoms with Crippen LogP contribution in [0.4, 0.5) is 5.69 Å². The summed E-state index contributed by atoms with van der Waals surface area (Å²) in [5.41, 5.74) is 8.62. The van der Waals surface area contributed by atoms with Crippen molar-refractivity contribution in [3.8, 4) is 0 Å². The first-order valence-electron chi connectivity index (χ1n) is 5.40. The predicted octanol–water partition coefficient (Wildman–Crippen LogP) is 2.41. The molecule has 86 valence electrons. The van der Waals surface area contributed by atoms with E-state index in [2.05, 4.69) is 0 Å². The van der Waals surface area contributed by atoms with Crippen LogP contribution in [0.1, 0.15) is 25.0 Å². The van der Waals surface area contributed by atoms with Gasteiger partial charge in [0.1, 0.15) is 0 Å². The molecule has 0 aliphatic rings. The minimum absolute atomic E-state index is 0.322. The summed E-state index contributed by atoms with van der Waals surface area (Å²) < 4.78 is 4.79. The fraction of sp³-hybridized carbons (Fsp3) is 0.308. The lowest BCUT2D eigenvalue weighted by atomic mass is 10.1. The summed E-state index contributed by atoms with van der Waals surface area (Å²) in [7, 11) is 0. The maximum Gasteiger partial charge on any atom is 0.330 e. The number of carbonyl (C=O) groups excluding carboxylic acids is 1. The summed E-state index contributed by atoms with van der Waals surface area (Å²) in [4.78, 5) is 11.1. The topological polar surface area (TPSA) is 52.3 Å². The van der Waals surface area contributed by atoms with E-state index >= 15 is 0 Å². The first-order chi connectivity index (χ1) is 7.67. The van der Waals surface area contributed by atoms with E-state index in [1.807, 2.05) is 25.1 Å². The molecule has 0 amide bonds. The Balaban J connectivity index is 2.78. The van der Waals surface area contributed by atoms with Crippen molar-refractivity contribution in [1.82, 2.24) is 0 Å². The van der Waals surface area contributed by atoms with E-state index in [1.54, 1.807) is 13.0 Å². The maximum absolute atomic E-state index is 11.1. The molecule has 0 fully saturated rings. The van der Waals surface area contributed by atoms with Gasteiger partial charge in [-0.05, 0) is 42.7 Å². The van der Waals surface area contributed by atoms with Crippen molar-refractivity contribution >= 4 is 17.7 Å². The number of ether oxygens (including phenoxy) is 1. The quantitative estimate of drug-likeness (QED) is 0.480. The van der Waals surface area contributed by atoms with Crippen LogP contribution in [0.3, 0.4) is 0 Å². The van der Waals surface area contributed by atoms with E-state index < -0.39 is 0 Å². The summed E-state index contributed by atoms with van der Waals surface area (Å²) in [5, 5.41) is 0. The number of nitrogen functional groups attached to an aromatic ring is 1. The summed E-state index contributed by atoms with van der Waals surface area (Å²) in [6.07, 6.45) is 4.04. The molecule has 0 aliphatic heterocycles. The Morgan fingerprint density at radius 2 is 2.19 bits per heavy atom. The number of aryl methyl sites for hydroxylation is 1. The van der Waals surface area contributed by atoms with Crippen molar-refractivity contribution in [3.63, 3.8) is 0 Å². The first kappa shape index (κ1) is 12.3. The van der Waals surface area contributed by atoms with E-state index in [0.717, 1.165) is 23.2 Å². The zero-order chi connectivity index (χ0) is 12.0. The van der Waals surface area contributed by atoms with Gasteiger partial charge in [-0.1, -0.05) is 13.0 Å². The Morgan fingerprint density at radius 1 is 1.44 bits per heavy atom. The van der Waals surface area contributed by atoms with Gasteiger partial charge in [0.2, 0.25) is 0 Å². The van der Waals surface area contributed by atoms with Gasteiger partial charge in [-0.15, -0.1) is 0 Å². The molecule has 0 aliphatic carbocycles. The highest BCUT2D eigenvalue weighted by Crippen LogP contribution is 2.15. The highest BCUT2D eigenvalue weighted by Gasteiger charge is 1.98. The number of benzene rings is 1. The number of hydrogen-bond acceptors (Lipinski definition) is 3. The third kappa shape index (κ3) is 3.42. The molecule has 1 aromatic carbocycles. The normalized spacial score (nSPS) is 10.6. The Morgan fingerprint density at radius 3 is 2.81 bits per heavy atom. The number of carbonyl (C=O) groups is 1. The second-order valence-electron chi connectivity index (χ2n) is 3.40. The summed E-state index contributed by atoms with van der Waals surface area (Å²) in [6.45, 7) is 4.22. The van der Waals surface area contributed by atoms with Gasteiger partial charge in [0.05, 0.1) is 6.61 Å². The lowest BCUT2D eigenvalue weighted by Crippen LogP contribution is -1.98. The molecule has 2 N–H and O–H groups in total. The Bertz CT molecular complexity index is 397. The third-order valence-electron chi connectivity index (χ3n) is 2.25. The smallest absolute Gasteiger partial charge is 0.330 e. The highest BCUT2D eigenvalue weighted by molar-refractivity contribution is 5.87. The van der Waals surface area contributed by atoms with Crippen LogP contribution < -0.4 is 5.73 Å². The van der Waals surface area contributed by atoms with Crippen molar-refractivity contribution in [2.75, 3.05) is 12.3 Å². The van der Waals surface area contributed by atoms with E-state index in [-0.39, 0.29) is 5.97 Å². The van der Waals surface area contributed by atoms with Crippen LogP contribution in [-0.4, -0.2) is 12.6 Å². The van der Waals surface area contributed by atoms with Crippen LogP contribution in [0.25, 0.3) is 6.08 Å². The van der Waals surface area contributed by atoms with Crippen molar-refractivity contribution < 1.29 is 9.53 Å². The molecule has 3 nitrogen and oxygen atoms in total. The molecule has 0 aromatic heterocycles. The molecule has 0 unspecified atom stereocenters. The molecular formula is C13H17NO2. The standard InChI is InChI=1S/C13H17NO2/c1-3-11-9-10(5-7-12(11)14)6-8-13(15)16-4-2/h5-9H,3-4,14H2,1-2H3. The molecule has 16 heavy (non-hydrogen) atoms. The summed E-state index contributed by atoms with van der Waals surface area (Å²) in [5.74, 6) is -0.322. The fourth-order valence-electron chi connectivity index (χ4n) is 1.39. The van der Waals surface area contributed by atoms with Gasteiger partial charge in [-0.25, -0.2) is 4.79 Å². The SMILES string of the molecule is CCOC(=O)C=Cc1ccc(N)c(CC)c1. The molecule has 0 saturated carbocycles. The van der Waals surface area contributed by atoms with Gasteiger partial charge >= 0.3 is 5.97 Å². The Kier molecular flexibility index (Phi) is 4.58. The van der Waals surface area contributed by atoms with Crippen molar-refractivity contribution in [3.05, 3.63) is 35.4 Å². The second-order valence-corrected chi connectivity index (χ2v) is 3.40. The summed E-state index contributed by atoms with van der Waals surface area (Å²) >= 11 is 0. The largest absolute Gasteiger partial charge is 0.463 e. The zero-order valence-electron chi connectivity index (χ0n) is 9.69. The van der Waals surface area contributed by atoms with Crippen LogP contribution in [0.5, 0.6) is 0 Å². The van der Waals surface area contributed by atoms with Crippen LogP contribution in [0, 0.1) is 0 Å². The van der Waals surface area contributed by atoms with Crippen molar-refractivity contribution in [1.29, 1.82) is 0 Å². The van der Waals surface area contributed by atoms with Crippen LogP contribution in [0.15, 0.2) is 24.3 Å². The zero-order valence-corrected chi connectivity index (χ0v) is 9.69. The van der Waals surface area contributed by atoms with E-state index in [4.69, 9.17) is 10.5 Å². The predicted molar refractivity (Wildman–Crippen MR) is 65.9 cm³/mol. The molecule has 3 heteroatoms. The number of rotatable bonds is 4. The molecule has 0 bridgehead atoms. The van der Waals surface area contributed by atoms with Crippen molar-refractivity contribution in [2.45, 2.75) is 20.3 Å². The number of hydrogen-bond donors (Lipinski definition) is 1. The molecule has 1 aromatic rings.